The number of rotatable bonds is 8. The summed E-state index contributed by atoms with van der Waals surface area (Å²) in [6, 6.07) is 3.54. The van der Waals surface area contributed by atoms with E-state index in [1.165, 1.54) is 11.2 Å². The lowest BCUT2D eigenvalue weighted by atomic mass is 10.2. The van der Waals surface area contributed by atoms with Crippen LogP contribution in [0.3, 0.4) is 0 Å². The Morgan fingerprint density at radius 1 is 1.40 bits per heavy atom. The van der Waals surface area contributed by atoms with E-state index in [1.807, 2.05) is 0 Å². The number of aliphatic carboxylic acids is 1. The molecule has 0 aromatic carbocycles. The summed E-state index contributed by atoms with van der Waals surface area (Å²) >= 11 is 0. The van der Waals surface area contributed by atoms with Gasteiger partial charge in [0, 0.05) is 25.5 Å². The molecular weight excluding hydrogens is 280 g/mol. The quantitative estimate of drug-likeness (QED) is 0.773. The zero-order valence-corrected chi connectivity index (χ0v) is 12.5. The second-order valence-electron chi connectivity index (χ2n) is 4.61. The molecule has 0 aliphatic carbocycles. The molecule has 0 saturated heterocycles. The Hall–Kier alpha value is -1.47. The van der Waals surface area contributed by atoms with Gasteiger partial charge in [-0.15, -0.1) is 0 Å². The molecule has 0 fully saturated rings. The lowest BCUT2D eigenvalue weighted by Gasteiger charge is -2.22. The van der Waals surface area contributed by atoms with E-state index in [4.69, 9.17) is 5.11 Å². The average molecular weight is 300 g/mol. The maximum absolute atomic E-state index is 12.2. The molecule has 1 rings (SSSR count). The van der Waals surface area contributed by atoms with E-state index in [-0.39, 0.29) is 18.8 Å². The topological polar surface area (TPSA) is 87.6 Å². The fourth-order valence-electron chi connectivity index (χ4n) is 1.75. The van der Waals surface area contributed by atoms with E-state index < -0.39 is 21.9 Å². The SMILES string of the molecule is CCN(CC(C)C(=O)O)S(=O)(=O)CCc1ccncc1. The molecule has 0 spiro atoms. The van der Waals surface area contributed by atoms with Crippen molar-refractivity contribution in [2.24, 2.45) is 5.92 Å². The maximum Gasteiger partial charge on any atom is 0.307 e. The van der Waals surface area contributed by atoms with Crippen molar-refractivity contribution in [2.45, 2.75) is 20.3 Å². The van der Waals surface area contributed by atoms with Gasteiger partial charge in [-0.3, -0.25) is 9.78 Å². The third-order valence-corrected chi connectivity index (χ3v) is 4.96. The van der Waals surface area contributed by atoms with Gasteiger partial charge in [0.25, 0.3) is 0 Å². The smallest absolute Gasteiger partial charge is 0.307 e. The Balaban J connectivity index is 2.67. The predicted molar refractivity (Wildman–Crippen MR) is 75.8 cm³/mol. The first-order valence-corrected chi connectivity index (χ1v) is 8.07. The molecule has 6 nitrogen and oxygen atoms in total. The minimum Gasteiger partial charge on any atom is -0.481 e. The van der Waals surface area contributed by atoms with Crippen molar-refractivity contribution in [3.63, 3.8) is 0 Å². The van der Waals surface area contributed by atoms with Crippen LogP contribution in [0, 0.1) is 5.92 Å². The minimum atomic E-state index is -3.45. The van der Waals surface area contributed by atoms with Gasteiger partial charge in [-0.2, -0.15) is 0 Å². The van der Waals surface area contributed by atoms with Crippen LogP contribution >= 0.6 is 0 Å². The molecule has 0 bridgehead atoms. The third kappa shape index (κ3) is 4.90. The summed E-state index contributed by atoms with van der Waals surface area (Å²) in [4.78, 5) is 14.7. The highest BCUT2D eigenvalue weighted by Crippen LogP contribution is 2.09. The van der Waals surface area contributed by atoms with Crippen LogP contribution in [-0.4, -0.2) is 47.6 Å². The number of nitrogens with zero attached hydrogens (tertiary/aromatic N) is 2. The van der Waals surface area contributed by atoms with E-state index >= 15 is 0 Å². The summed E-state index contributed by atoms with van der Waals surface area (Å²) in [5.41, 5.74) is 0.894. The van der Waals surface area contributed by atoms with Crippen LogP contribution in [0.1, 0.15) is 19.4 Å². The second kappa shape index (κ2) is 7.35. The fourth-order valence-corrected chi connectivity index (χ4v) is 3.34. The number of carbonyl (C=O) groups is 1. The highest BCUT2D eigenvalue weighted by Gasteiger charge is 2.24. The van der Waals surface area contributed by atoms with Crippen molar-refractivity contribution in [1.29, 1.82) is 0 Å². The summed E-state index contributed by atoms with van der Waals surface area (Å²) in [5, 5.41) is 8.87. The molecule has 1 aromatic heterocycles. The van der Waals surface area contributed by atoms with Crippen LogP contribution in [0.25, 0.3) is 0 Å². The molecule has 1 heterocycles. The molecule has 0 amide bonds. The van der Waals surface area contributed by atoms with Gasteiger partial charge in [0.15, 0.2) is 0 Å². The van der Waals surface area contributed by atoms with Crippen LogP contribution in [0.5, 0.6) is 0 Å². The van der Waals surface area contributed by atoms with Crippen LogP contribution < -0.4 is 0 Å². The largest absolute Gasteiger partial charge is 0.481 e. The lowest BCUT2D eigenvalue weighted by Crippen LogP contribution is -2.38. The Kier molecular flexibility index (Phi) is 6.09. The molecule has 1 unspecified atom stereocenters. The standard InChI is InChI=1S/C13H20N2O4S/c1-3-15(10-11(2)13(16)17)20(18,19)9-6-12-4-7-14-8-5-12/h4-5,7-8,11H,3,6,9-10H2,1-2H3,(H,16,17). The van der Waals surface area contributed by atoms with Crippen molar-refractivity contribution >= 4 is 16.0 Å². The van der Waals surface area contributed by atoms with Gasteiger partial charge in [0.2, 0.25) is 10.0 Å². The molecule has 7 heteroatoms. The molecule has 0 aliphatic rings. The summed E-state index contributed by atoms with van der Waals surface area (Å²) in [5.74, 6) is -1.74. The Labute approximate surface area is 119 Å². The molecule has 1 atom stereocenters. The number of carboxylic acid groups (broad SMARTS) is 1. The van der Waals surface area contributed by atoms with Crippen molar-refractivity contribution < 1.29 is 18.3 Å². The highest BCUT2D eigenvalue weighted by atomic mass is 32.2. The van der Waals surface area contributed by atoms with Crippen molar-refractivity contribution in [1.82, 2.24) is 9.29 Å². The lowest BCUT2D eigenvalue weighted by molar-refractivity contribution is -0.141. The normalized spacial score (nSPS) is 13.3. The van der Waals surface area contributed by atoms with Crippen molar-refractivity contribution in [3.05, 3.63) is 30.1 Å². The monoisotopic (exact) mass is 300 g/mol. The second-order valence-corrected chi connectivity index (χ2v) is 6.70. The predicted octanol–water partition coefficient (Wildman–Crippen LogP) is 0.996. The van der Waals surface area contributed by atoms with Crippen LogP contribution in [0.4, 0.5) is 0 Å². The zero-order chi connectivity index (χ0) is 15.2. The molecular formula is C13H20N2O4S. The van der Waals surface area contributed by atoms with Gasteiger partial charge >= 0.3 is 5.97 Å². The number of hydrogen-bond donors (Lipinski definition) is 1. The van der Waals surface area contributed by atoms with Crippen molar-refractivity contribution in [2.75, 3.05) is 18.8 Å². The number of sulfonamides is 1. The Morgan fingerprint density at radius 3 is 2.50 bits per heavy atom. The molecule has 0 radical (unpaired) electrons. The van der Waals surface area contributed by atoms with Gasteiger partial charge in [-0.25, -0.2) is 12.7 Å². The summed E-state index contributed by atoms with van der Waals surface area (Å²) in [6.45, 7) is 3.49. The van der Waals surface area contributed by atoms with Gasteiger partial charge in [0.1, 0.15) is 0 Å². The number of hydrogen-bond acceptors (Lipinski definition) is 4. The molecule has 1 aromatic rings. The average Bonchev–Trinajstić information content (AvgIpc) is 2.43. The van der Waals surface area contributed by atoms with Crippen molar-refractivity contribution in [3.8, 4) is 0 Å². The number of pyridine rings is 1. The minimum absolute atomic E-state index is 0.00448. The third-order valence-electron chi connectivity index (χ3n) is 3.04. The Bertz CT molecular complexity index is 531. The molecule has 112 valence electrons. The van der Waals surface area contributed by atoms with E-state index in [0.29, 0.717) is 6.42 Å². The fraction of sp³-hybridized carbons (Fsp3) is 0.538. The first kappa shape index (κ1) is 16.6. The molecule has 20 heavy (non-hydrogen) atoms. The van der Waals surface area contributed by atoms with E-state index in [0.717, 1.165) is 5.56 Å². The van der Waals surface area contributed by atoms with Crippen LogP contribution in [0.15, 0.2) is 24.5 Å². The van der Waals surface area contributed by atoms with Gasteiger partial charge < -0.3 is 5.11 Å². The Morgan fingerprint density at radius 2 is 2.00 bits per heavy atom. The first-order valence-electron chi connectivity index (χ1n) is 6.46. The number of aryl methyl sites for hydroxylation is 1. The summed E-state index contributed by atoms with van der Waals surface area (Å²) in [7, 11) is -3.45. The highest BCUT2D eigenvalue weighted by molar-refractivity contribution is 7.89. The van der Waals surface area contributed by atoms with Gasteiger partial charge in [-0.05, 0) is 24.1 Å². The maximum atomic E-state index is 12.2. The molecule has 0 saturated carbocycles. The van der Waals surface area contributed by atoms with Crippen LogP contribution in [0.2, 0.25) is 0 Å². The first-order chi connectivity index (χ1) is 9.36. The number of carboxylic acids is 1. The van der Waals surface area contributed by atoms with E-state index in [9.17, 15) is 13.2 Å². The summed E-state index contributed by atoms with van der Waals surface area (Å²) in [6.07, 6.45) is 3.63. The van der Waals surface area contributed by atoms with Crippen LogP contribution in [-0.2, 0) is 21.2 Å². The molecule has 0 aliphatic heterocycles. The van der Waals surface area contributed by atoms with Gasteiger partial charge in [-0.1, -0.05) is 13.8 Å². The molecule has 1 N–H and O–H groups in total. The van der Waals surface area contributed by atoms with Gasteiger partial charge in [0.05, 0.1) is 11.7 Å². The summed E-state index contributed by atoms with van der Waals surface area (Å²) < 4.78 is 25.7. The zero-order valence-electron chi connectivity index (χ0n) is 11.7. The number of aromatic nitrogens is 1. The van der Waals surface area contributed by atoms with E-state index in [2.05, 4.69) is 4.98 Å². The van der Waals surface area contributed by atoms with E-state index in [1.54, 1.807) is 31.5 Å².